The number of para-hydroxylation sites is 1. The molecule has 0 saturated carbocycles. The zero-order valence-electron chi connectivity index (χ0n) is 20.3. The summed E-state index contributed by atoms with van der Waals surface area (Å²) < 4.78 is 16.1. The van der Waals surface area contributed by atoms with E-state index in [-0.39, 0.29) is 17.9 Å². The van der Waals surface area contributed by atoms with Gasteiger partial charge in [-0.15, -0.1) is 0 Å². The van der Waals surface area contributed by atoms with Gasteiger partial charge in [0.05, 0.1) is 44.1 Å². The Morgan fingerprint density at radius 2 is 1.59 bits per heavy atom. The van der Waals surface area contributed by atoms with E-state index in [1.165, 1.54) is 0 Å². The van der Waals surface area contributed by atoms with Gasteiger partial charge in [0.2, 0.25) is 0 Å². The zero-order chi connectivity index (χ0) is 24.5. The molecule has 0 bridgehead atoms. The van der Waals surface area contributed by atoms with Gasteiger partial charge in [-0.25, -0.2) is 5.01 Å². The number of nitrogens with zero attached hydrogens (tertiary/aromatic N) is 3. The predicted octanol–water partition coefficient (Wildman–Crippen LogP) is 3.59. The maximum atomic E-state index is 13.4. The lowest BCUT2D eigenvalue weighted by Crippen LogP contribution is -2.47. The molecule has 1 saturated heterocycles. The van der Waals surface area contributed by atoms with Gasteiger partial charge >= 0.3 is 0 Å². The number of likely N-dealkylation sites (tertiary alicyclic amines) is 1. The number of hydrogen-bond donors (Lipinski definition) is 0. The van der Waals surface area contributed by atoms with Crippen LogP contribution in [0.2, 0.25) is 0 Å². The van der Waals surface area contributed by atoms with Crippen LogP contribution in [0, 0.1) is 5.41 Å². The lowest BCUT2D eigenvalue weighted by atomic mass is 9.83. The van der Waals surface area contributed by atoms with E-state index in [1.807, 2.05) is 49.1 Å². The Morgan fingerprint density at radius 3 is 2.24 bits per heavy atom. The summed E-state index contributed by atoms with van der Waals surface area (Å²) in [7, 11) is 4.73. The molecule has 0 atom stereocenters. The molecule has 2 aliphatic rings. The highest BCUT2D eigenvalue weighted by atomic mass is 16.5. The molecule has 2 heterocycles. The van der Waals surface area contributed by atoms with E-state index in [0.717, 1.165) is 5.56 Å². The molecule has 8 nitrogen and oxygen atoms in total. The van der Waals surface area contributed by atoms with Gasteiger partial charge in [-0.05, 0) is 57.0 Å². The zero-order valence-corrected chi connectivity index (χ0v) is 20.3. The minimum absolute atomic E-state index is 0.0354. The Labute approximate surface area is 200 Å². The van der Waals surface area contributed by atoms with Gasteiger partial charge in [0.15, 0.2) is 11.5 Å². The summed E-state index contributed by atoms with van der Waals surface area (Å²) in [5.41, 5.74) is 1.30. The van der Waals surface area contributed by atoms with Crippen molar-refractivity contribution in [2.75, 3.05) is 34.4 Å². The lowest BCUT2D eigenvalue weighted by molar-refractivity contribution is -0.137. The topological polar surface area (TPSA) is 80.7 Å². The monoisotopic (exact) mass is 465 g/mol. The molecule has 2 amide bonds. The molecule has 0 N–H and O–H groups in total. The van der Waals surface area contributed by atoms with E-state index < -0.39 is 5.41 Å². The van der Waals surface area contributed by atoms with E-state index in [1.54, 1.807) is 38.5 Å². The summed E-state index contributed by atoms with van der Waals surface area (Å²) >= 11 is 0. The van der Waals surface area contributed by atoms with Crippen molar-refractivity contribution in [3.63, 3.8) is 0 Å². The van der Waals surface area contributed by atoms with Crippen LogP contribution in [-0.4, -0.2) is 67.9 Å². The molecule has 4 rings (SSSR count). The van der Waals surface area contributed by atoms with Crippen molar-refractivity contribution in [3.05, 3.63) is 53.6 Å². The average molecular weight is 466 g/mol. The number of methoxy groups -OCH3 is 3. The third-order valence-electron chi connectivity index (χ3n) is 6.63. The smallest absolute Gasteiger partial charge is 0.257 e. The first-order valence-electron chi connectivity index (χ1n) is 11.4. The second-order valence-electron chi connectivity index (χ2n) is 9.02. The van der Waals surface area contributed by atoms with Crippen LogP contribution in [0.15, 0.2) is 47.6 Å². The van der Waals surface area contributed by atoms with E-state index in [2.05, 4.69) is 0 Å². The first-order chi connectivity index (χ1) is 16.3. The molecule has 0 radical (unpaired) electrons. The summed E-state index contributed by atoms with van der Waals surface area (Å²) in [5, 5.41) is 6.40. The van der Waals surface area contributed by atoms with Crippen molar-refractivity contribution in [1.29, 1.82) is 0 Å². The van der Waals surface area contributed by atoms with Gasteiger partial charge in [0.25, 0.3) is 11.8 Å². The molecule has 1 fully saturated rings. The Bertz CT molecular complexity index is 1120. The summed E-state index contributed by atoms with van der Waals surface area (Å²) in [6.45, 7) is 4.89. The standard InChI is InChI=1S/C26H31N3O5/c1-26(2)23(17-10-11-21(33-4)22(16-17)34-5)27-29(25(26)31)18-12-14-28(15-13-18)24(30)19-8-6-7-9-20(19)32-3/h6-11,16,18H,12-15H2,1-5H3. The summed E-state index contributed by atoms with van der Waals surface area (Å²) in [6, 6.07) is 12.7. The van der Waals surface area contributed by atoms with Crippen LogP contribution in [0.25, 0.3) is 0 Å². The number of amides is 2. The molecule has 0 aliphatic carbocycles. The number of carbonyl (C=O) groups excluding carboxylic acids is 2. The SMILES string of the molecule is COc1ccc(C2=NN(C3CCN(C(=O)c4ccccc4OC)CC3)C(=O)C2(C)C)cc1OC. The fourth-order valence-corrected chi connectivity index (χ4v) is 4.62. The van der Waals surface area contributed by atoms with Crippen LogP contribution in [0.5, 0.6) is 17.2 Å². The number of ether oxygens (including phenoxy) is 3. The van der Waals surface area contributed by atoms with Gasteiger partial charge in [-0.1, -0.05) is 12.1 Å². The number of hydrazone groups is 1. The van der Waals surface area contributed by atoms with Crippen LogP contribution < -0.4 is 14.2 Å². The molecular formula is C26H31N3O5. The molecule has 180 valence electrons. The van der Waals surface area contributed by atoms with E-state index in [0.29, 0.717) is 54.5 Å². The van der Waals surface area contributed by atoms with Gasteiger partial charge in [0, 0.05) is 18.7 Å². The van der Waals surface area contributed by atoms with E-state index >= 15 is 0 Å². The second-order valence-corrected chi connectivity index (χ2v) is 9.02. The predicted molar refractivity (Wildman–Crippen MR) is 129 cm³/mol. The normalized spacial score (nSPS) is 18.0. The number of benzene rings is 2. The third kappa shape index (κ3) is 4.08. The van der Waals surface area contributed by atoms with Gasteiger partial charge in [0.1, 0.15) is 5.75 Å². The Morgan fingerprint density at radius 1 is 0.941 bits per heavy atom. The largest absolute Gasteiger partial charge is 0.496 e. The second kappa shape index (κ2) is 9.37. The third-order valence-corrected chi connectivity index (χ3v) is 6.63. The quantitative estimate of drug-likeness (QED) is 0.651. The molecule has 2 aliphatic heterocycles. The van der Waals surface area contributed by atoms with Crippen molar-refractivity contribution < 1.29 is 23.8 Å². The minimum Gasteiger partial charge on any atom is -0.496 e. The molecule has 0 aromatic heterocycles. The molecule has 34 heavy (non-hydrogen) atoms. The molecule has 2 aromatic carbocycles. The summed E-state index contributed by atoms with van der Waals surface area (Å²) in [4.78, 5) is 28.2. The molecule has 0 unspecified atom stereocenters. The molecule has 2 aromatic rings. The fourth-order valence-electron chi connectivity index (χ4n) is 4.62. The van der Waals surface area contributed by atoms with Crippen LogP contribution in [0.1, 0.15) is 42.6 Å². The van der Waals surface area contributed by atoms with Crippen molar-refractivity contribution in [1.82, 2.24) is 9.91 Å². The van der Waals surface area contributed by atoms with Crippen molar-refractivity contribution in [2.45, 2.75) is 32.7 Å². The summed E-state index contributed by atoms with van der Waals surface area (Å²) in [6.07, 6.45) is 1.32. The van der Waals surface area contributed by atoms with Gasteiger partial charge < -0.3 is 19.1 Å². The maximum absolute atomic E-state index is 13.4. The maximum Gasteiger partial charge on any atom is 0.257 e. The Hall–Kier alpha value is -3.55. The highest BCUT2D eigenvalue weighted by molar-refractivity contribution is 6.19. The summed E-state index contributed by atoms with van der Waals surface area (Å²) in [5.74, 6) is 1.69. The number of hydrogen-bond acceptors (Lipinski definition) is 6. The molecule has 0 spiro atoms. The Balaban J connectivity index is 1.51. The van der Waals surface area contributed by atoms with Gasteiger partial charge in [-0.2, -0.15) is 5.10 Å². The first-order valence-corrected chi connectivity index (χ1v) is 11.4. The first kappa shape index (κ1) is 23.6. The molecular weight excluding hydrogens is 434 g/mol. The number of piperidine rings is 1. The van der Waals surface area contributed by atoms with E-state index in [4.69, 9.17) is 19.3 Å². The van der Waals surface area contributed by atoms with Crippen molar-refractivity contribution in [3.8, 4) is 17.2 Å². The fraction of sp³-hybridized carbons (Fsp3) is 0.423. The highest BCUT2D eigenvalue weighted by Gasteiger charge is 2.47. The van der Waals surface area contributed by atoms with Crippen molar-refractivity contribution >= 4 is 17.5 Å². The highest BCUT2D eigenvalue weighted by Crippen LogP contribution is 2.37. The van der Waals surface area contributed by atoms with Crippen LogP contribution in [0.3, 0.4) is 0 Å². The van der Waals surface area contributed by atoms with Crippen LogP contribution in [-0.2, 0) is 4.79 Å². The van der Waals surface area contributed by atoms with E-state index in [9.17, 15) is 9.59 Å². The van der Waals surface area contributed by atoms with Crippen molar-refractivity contribution in [2.24, 2.45) is 10.5 Å². The van der Waals surface area contributed by atoms with Crippen LogP contribution >= 0.6 is 0 Å². The lowest BCUT2D eigenvalue weighted by Gasteiger charge is -2.35. The minimum atomic E-state index is -0.774. The number of carbonyl (C=O) groups is 2. The van der Waals surface area contributed by atoms with Gasteiger partial charge in [-0.3, -0.25) is 9.59 Å². The average Bonchev–Trinajstić information content (AvgIpc) is 3.11. The van der Waals surface area contributed by atoms with Crippen LogP contribution in [0.4, 0.5) is 0 Å². The molecule has 8 heteroatoms. The number of rotatable bonds is 6. The Kier molecular flexibility index (Phi) is 6.50.